The van der Waals surface area contributed by atoms with E-state index in [1.54, 1.807) is 0 Å². The van der Waals surface area contributed by atoms with Crippen LogP contribution in [0.25, 0.3) is 0 Å². The van der Waals surface area contributed by atoms with Crippen LogP contribution in [0.15, 0.2) is 0 Å². The lowest BCUT2D eigenvalue weighted by atomic mass is 9.94. The number of nitrogens with one attached hydrogen (secondary N) is 1. The Morgan fingerprint density at radius 3 is 2.31 bits per heavy atom. The van der Waals surface area contributed by atoms with E-state index in [-0.39, 0.29) is 5.92 Å². The van der Waals surface area contributed by atoms with Gasteiger partial charge in [0.25, 0.3) is 0 Å². The lowest BCUT2D eigenvalue weighted by Crippen LogP contribution is -2.46. The summed E-state index contributed by atoms with van der Waals surface area (Å²) in [6.07, 6.45) is 4.30. The van der Waals surface area contributed by atoms with E-state index in [2.05, 4.69) is 26.1 Å². The minimum atomic E-state index is 0.217. The van der Waals surface area contributed by atoms with Crippen LogP contribution in [-0.4, -0.2) is 36.5 Å². The SMILES string of the molecule is CCCN(CCC)C(=O)C1CCC(C)NC1. The molecule has 1 amide bonds. The summed E-state index contributed by atoms with van der Waals surface area (Å²) in [5, 5.41) is 3.40. The summed E-state index contributed by atoms with van der Waals surface area (Å²) in [5.74, 6) is 0.581. The predicted octanol–water partition coefficient (Wildman–Crippen LogP) is 2.02. The highest BCUT2D eigenvalue weighted by atomic mass is 16.2. The largest absolute Gasteiger partial charge is 0.342 e. The molecule has 0 saturated carbocycles. The normalized spacial score (nSPS) is 25.4. The Kier molecular flexibility index (Phi) is 5.81. The maximum Gasteiger partial charge on any atom is 0.226 e. The van der Waals surface area contributed by atoms with E-state index >= 15 is 0 Å². The van der Waals surface area contributed by atoms with Crippen molar-refractivity contribution in [3.8, 4) is 0 Å². The first-order chi connectivity index (χ1) is 7.69. The lowest BCUT2D eigenvalue weighted by Gasteiger charge is -2.31. The molecule has 0 aromatic carbocycles. The number of nitrogens with zero attached hydrogens (tertiary/aromatic N) is 1. The van der Waals surface area contributed by atoms with E-state index < -0.39 is 0 Å². The van der Waals surface area contributed by atoms with Gasteiger partial charge in [-0.05, 0) is 32.6 Å². The average Bonchev–Trinajstić information content (AvgIpc) is 2.29. The summed E-state index contributed by atoms with van der Waals surface area (Å²) in [6, 6.07) is 0.579. The fourth-order valence-corrected chi connectivity index (χ4v) is 2.34. The molecule has 1 rings (SSSR count). The second-order valence-corrected chi connectivity index (χ2v) is 4.91. The molecule has 94 valence electrons. The van der Waals surface area contributed by atoms with Crippen LogP contribution in [0.5, 0.6) is 0 Å². The van der Waals surface area contributed by atoms with Gasteiger partial charge in [0.2, 0.25) is 5.91 Å². The van der Waals surface area contributed by atoms with Gasteiger partial charge in [0, 0.05) is 25.7 Å². The molecular formula is C13H26N2O. The molecule has 2 atom stereocenters. The van der Waals surface area contributed by atoms with E-state index in [4.69, 9.17) is 0 Å². The van der Waals surface area contributed by atoms with Crippen LogP contribution in [0, 0.1) is 5.92 Å². The van der Waals surface area contributed by atoms with Crippen LogP contribution < -0.4 is 5.32 Å². The number of rotatable bonds is 5. The first kappa shape index (κ1) is 13.5. The highest BCUT2D eigenvalue weighted by Crippen LogP contribution is 2.17. The fourth-order valence-electron chi connectivity index (χ4n) is 2.34. The summed E-state index contributed by atoms with van der Waals surface area (Å²) < 4.78 is 0. The van der Waals surface area contributed by atoms with Crippen LogP contribution in [0.1, 0.15) is 46.5 Å². The molecule has 16 heavy (non-hydrogen) atoms. The number of amides is 1. The Bertz CT molecular complexity index is 204. The van der Waals surface area contributed by atoms with Gasteiger partial charge < -0.3 is 10.2 Å². The van der Waals surface area contributed by atoms with E-state index in [1.807, 2.05) is 4.90 Å². The van der Waals surface area contributed by atoms with Crippen molar-refractivity contribution in [2.75, 3.05) is 19.6 Å². The molecule has 0 spiro atoms. The monoisotopic (exact) mass is 226 g/mol. The van der Waals surface area contributed by atoms with Gasteiger partial charge in [-0.3, -0.25) is 4.79 Å². The average molecular weight is 226 g/mol. The number of hydrogen-bond acceptors (Lipinski definition) is 2. The standard InChI is InChI=1S/C13H26N2O/c1-4-8-15(9-5-2)13(16)12-7-6-11(3)14-10-12/h11-12,14H,4-10H2,1-3H3. The minimum Gasteiger partial charge on any atom is -0.342 e. The van der Waals surface area contributed by atoms with Gasteiger partial charge in [0.05, 0.1) is 5.92 Å². The van der Waals surface area contributed by atoms with Gasteiger partial charge in [0.1, 0.15) is 0 Å². The lowest BCUT2D eigenvalue weighted by molar-refractivity contribution is -0.136. The minimum absolute atomic E-state index is 0.217. The Balaban J connectivity index is 2.46. The molecule has 1 saturated heterocycles. The van der Waals surface area contributed by atoms with Crippen molar-refractivity contribution in [1.82, 2.24) is 10.2 Å². The molecule has 0 aromatic heterocycles. The molecule has 0 aliphatic carbocycles. The van der Waals surface area contributed by atoms with Crippen molar-refractivity contribution >= 4 is 5.91 Å². The molecule has 1 fully saturated rings. The maximum absolute atomic E-state index is 12.3. The second-order valence-electron chi connectivity index (χ2n) is 4.91. The zero-order valence-electron chi connectivity index (χ0n) is 11.0. The van der Waals surface area contributed by atoms with Crippen molar-refractivity contribution in [2.45, 2.75) is 52.5 Å². The second kappa shape index (κ2) is 6.89. The molecular weight excluding hydrogens is 200 g/mol. The van der Waals surface area contributed by atoms with E-state index in [1.165, 1.54) is 0 Å². The van der Waals surface area contributed by atoms with Crippen molar-refractivity contribution in [1.29, 1.82) is 0 Å². The molecule has 1 N–H and O–H groups in total. The quantitative estimate of drug-likeness (QED) is 0.778. The molecule has 0 aromatic rings. The molecule has 3 heteroatoms. The summed E-state index contributed by atoms with van der Waals surface area (Å²) in [4.78, 5) is 14.3. The number of carbonyl (C=O) groups is 1. The summed E-state index contributed by atoms with van der Waals surface area (Å²) in [5.41, 5.74) is 0. The van der Waals surface area contributed by atoms with Gasteiger partial charge in [-0.25, -0.2) is 0 Å². The number of piperidine rings is 1. The first-order valence-corrected chi connectivity index (χ1v) is 6.71. The Labute approximate surface area is 99.6 Å². The van der Waals surface area contributed by atoms with Crippen LogP contribution in [-0.2, 0) is 4.79 Å². The highest BCUT2D eigenvalue weighted by Gasteiger charge is 2.26. The number of carbonyl (C=O) groups excluding carboxylic acids is 1. The first-order valence-electron chi connectivity index (χ1n) is 6.71. The zero-order chi connectivity index (χ0) is 12.0. The van der Waals surface area contributed by atoms with E-state index in [0.717, 1.165) is 45.3 Å². The molecule has 0 radical (unpaired) electrons. The van der Waals surface area contributed by atoms with Gasteiger partial charge in [-0.15, -0.1) is 0 Å². The summed E-state index contributed by atoms with van der Waals surface area (Å²) >= 11 is 0. The number of hydrogen-bond donors (Lipinski definition) is 1. The van der Waals surface area contributed by atoms with Crippen molar-refractivity contribution < 1.29 is 4.79 Å². The van der Waals surface area contributed by atoms with Gasteiger partial charge in [-0.1, -0.05) is 13.8 Å². The van der Waals surface area contributed by atoms with Crippen molar-refractivity contribution in [3.63, 3.8) is 0 Å². The Morgan fingerprint density at radius 1 is 1.25 bits per heavy atom. The fraction of sp³-hybridized carbons (Fsp3) is 0.923. The highest BCUT2D eigenvalue weighted by molar-refractivity contribution is 5.79. The summed E-state index contributed by atoms with van der Waals surface area (Å²) in [6.45, 7) is 9.16. The Hall–Kier alpha value is -0.570. The van der Waals surface area contributed by atoms with Crippen LogP contribution in [0.2, 0.25) is 0 Å². The van der Waals surface area contributed by atoms with Crippen LogP contribution in [0.3, 0.4) is 0 Å². The van der Waals surface area contributed by atoms with Gasteiger partial charge in [0.15, 0.2) is 0 Å². The van der Waals surface area contributed by atoms with Gasteiger partial charge >= 0.3 is 0 Å². The van der Waals surface area contributed by atoms with E-state index in [0.29, 0.717) is 11.9 Å². The topological polar surface area (TPSA) is 32.3 Å². The molecule has 1 aliphatic rings. The van der Waals surface area contributed by atoms with Crippen molar-refractivity contribution in [2.24, 2.45) is 5.92 Å². The summed E-state index contributed by atoms with van der Waals surface area (Å²) in [7, 11) is 0. The van der Waals surface area contributed by atoms with E-state index in [9.17, 15) is 4.79 Å². The van der Waals surface area contributed by atoms with Crippen LogP contribution in [0.4, 0.5) is 0 Å². The zero-order valence-corrected chi connectivity index (χ0v) is 11.0. The van der Waals surface area contributed by atoms with Crippen LogP contribution >= 0.6 is 0 Å². The molecule has 0 bridgehead atoms. The third-order valence-electron chi connectivity index (χ3n) is 3.31. The molecule has 1 aliphatic heterocycles. The maximum atomic E-state index is 12.3. The molecule has 3 nitrogen and oxygen atoms in total. The third-order valence-corrected chi connectivity index (χ3v) is 3.31. The molecule has 1 heterocycles. The van der Waals surface area contributed by atoms with Gasteiger partial charge in [-0.2, -0.15) is 0 Å². The predicted molar refractivity (Wildman–Crippen MR) is 67.4 cm³/mol. The third kappa shape index (κ3) is 3.78. The molecule has 2 unspecified atom stereocenters. The van der Waals surface area contributed by atoms with Crippen molar-refractivity contribution in [3.05, 3.63) is 0 Å². The smallest absolute Gasteiger partial charge is 0.226 e. The Morgan fingerprint density at radius 2 is 1.88 bits per heavy atom.